The Hall–Kier alpha value is -3.42. The van der Waals surface area contributed by atoms with Gasteiger partial charge in [-0.15, -0.1) is 0 Å². The van der Waals surface area contributed by atoms with Crippen molar-refractivity contribution in [2.75, 3.05) is 13.2 Å². The summed E-state index contributed by atoms with van der Waals surface area (Å²) in [5, 5.41) is 29.4. The molecule has 3 aliphatic rings. The highest BCUT2D eigenvalue weighted by molar-refractivity contribution is 6.03. The summed E-state index contributed by atoms with van der Waals surface area (Å²) in [6.07, 6.45) is 0.924. The summed E-state index contributed by atoms with van der Waals surface area (Å²) in [5.74, 6) is -1.77. The maximum Gasteiger partial charge on any atom is 0.352 e. The van der Waals surface area contributed by atoms with Crippen molar-refractivity contribution in [2.24, 2.45) is 11.8 Å². The fourth-order valence-corrected chi connectivity index (χ4v) is 5.54. The molecule has 7 heteroatoms. The number of carboxylic acid groups (broad SMARTS) is 1. The van der Waals surface area contributed by atoms with E-state index in [1.165, 1.54) is 4.90 Å². The Balaban J connectivity index is 1.51. The number of nitrogens with zero attached hydrogens (tertiary/aromatic N) is 1. The largest absolute Gasteiger partial charge is 0.488 e. The fraction of sp³-hybridized carbons (Fsp3) is 0.308. The summed E-state index contributed by atoms with van der Waals surface area (Å²) < 4.78 is 6.21. The molecule has 1 saturated heterocycles. The van der Waals surface area contributed by atoms with Crippen LogP contribution >= 0.6 is 0 Å². The third kappa shape index (κ3) is 3.03. The summed E-state index contributed by atoms with van der Waals surface area (Å²) in [6, 6.07) is 13.2. The van der Waals surface area contributed by atoms with Crippen LogP contribution in [-0.2, 0) is 9.59 Å². The van der Waals surface area contributed by atoms with E-state index in [2.05, 4.69) is 0 Å². The molecule has 0 spiro atoms. The maximum atomic E-state index is 12.6. The van der Waals surface area contributed by atoms with Crippen LogP contribution in [0.4, 0.5) is 0 Å². The predicted octanol–water partition coefficient (Wildman–Crippen LogP) is 2.67. The Labute approximate surface area is 191 Å². The van der Waals surface area contributed by atoms with Crippen LogP contribution in [0.3, 0.4) is 0 Å². The number of carbonyl (C=O) groups is 2. The normalized spacial score (nSPS) is 25.0. The highest BCUT2D eigenvalue weighted by Gasteiger charge is 2.59. The summed E-state index contributed by atoms with van der Waals surface area (Å²) in [5.41, 5.74) is 5.28. The van der Waals surface area contributed by atoms with Gasteiger partial charge in [0, 0.05) is 17.1 Å². The van der Waals surface area contributed by atoms with Crippen molar-refractivity contribution in [3.05, 3.63) is 70.9 Å². The van der Waals surface area contributed by atoms with E-state index < -0.39 is 18.0 Å². The Morgan fingerprint density at radius 3 is 2.52 bits per heavy atom. The molecule has 4 atom stereocenters. The van der Waals surface area contributed by atoms with Gasteiger partial charge in [-0.05, 0) is 35.3 Å². The molecule has 0 bridgehead atoms. The van der Waals surface area contributed by atoms with E-state index in [9.17, 15) is 24.9 Å². The summed E-state index contributed by atoms with van der Waals surface area (Å²) in [4.78, 5) is 25.9. The minimum atomic E-state index is -1.17. The van der Waals surface area contributed by atoms with Crippen LogP contribution < -0.4 is 4.74 Å². The van der Waals surface area contributed by atoms with Gasteiger partial charge < -0.3 is 25.0 Å². The number of aliphatic hydroxyl groups excluding tert-OH is 2. The van der Waals surface area contributed by atoms with Gasteiger partial charge in [0.25, 0.3) is 0 Å². The zero-order valence-corrected chi connectivity index (χ0v) is 18.4. The zero-order valence-electron chi connectivity index (χ0n) is 18.4. The molecule has 1 fully saturated rings. The van der Waals surface area contributed by atoms with E-state index in [0.717, 1.165) is 27.8 Å². The number of rotatable bonds is 6. The van der Waals surface area contributed by atoms with Gasteiger partial charge in [0.15, 0.2) is 0 Å². The first-order valence-corrected chi connectivity index (χ1v) is 11.0. The second-order valence-corrected chi connectivity index (χ2v) is 8.75. The number of hydrogen-bond donors (Lipinski definition) is 3. The number of aliphatic hydroxyl groups is 2. The van der Waals surface area contributed by atoms with Crippen molar-refractivity contribution in [2.45, 2.75) is 26.0 Å². The molecule has 2 heterocycles. The van der Waals surface area contributed by atoms with Crippen LogP contribution in [-0.4, -0.2) is 57.5 Å². The van der Waals surface area contributed by atoms with Crippen LogP contribution in [0.1, 0.15) is 25.0 Å². The second kappa shape index (κ2) is 7.86. The number of ether oxygens (including phenoxy) is 1. The van der Waals surface area contributed by atoms with E-state index in [1.54, 1.807) is 13.0 Å². The molecule has 2 aliphatic heterocycles. The van der Waals surface area contributed by atoms with E-state index >= 15 is 0 Å². The molecule has 4 unspecified atom stereocenters. The number of aliphatic carboxylic acids is 1. The lowest BCUT2D eigenvalue weighted by atomic mass is 9.78. The molecule has 7 nitrogen and oxygen atoms in total. The molecule has 1 aliphatic carbocycles. The van der Waals surface area contributed by atoms with Gasteiger partial charge >= 0.3 is 5.97 Å². The SMILES string of the molecule is CC(O)C1C(=O)N2C(C(=O)O)=C(COc3cccc4c3-c3ccccc3/C4=C\CO)C(C)C12. The second-order valence-electron chi connectivity index (χ2n) is 8.75. The molecule has 0 saturated carbocycles. The van der Waals surface area contributed by atoms with Gasteiger partial charge in [-0.2, -0.15) is 0 Å². The van der Waals surface area contributed by atoms with E-state index in [1.807, 2.05) is 49.4 Å². The summed E-state index contributed by atoms with van der Waals surface area (Å²) >= 11 is 0. The van der Waals surface area contributed by atoms with E-state index in [4.69, 9.17) is 4.74 Å². The van der Waals surface area contributed by atoms with Gasteiger partial charge in [-0.25, -0.2) is 4.79 Å². The number of fused-ring (bicyclic) bond motifs is 4. The van der Waals surface area contributed by atoms with Crippen LogP contribution in [0.2, 0.25) is 0 Å². The van der Waals surface area contributed by atoms with Crippen molar-refractivity contribution >= 4 is 17.4 Å². The molecule has 1 amide bonds. The molecule has 0 aromatic heterocycles. The number of carboxylic acids is 1. The molecular weight excluding hydrogens is 422 g/mol. The minimum Gasteiger partial charge on any atom is -0.488 e. The summed E-state index contributed by atoms with van der Waals surface area (Å²) in [6.45, 7) is 3.37. The zero-order chi connectivity index (χ0) is 23.4. The molecular formula is C26H25NO6. The van der Waals surface area contributed by atoms with Crippen LogP contribution in [0.5, 0.6) is 5.75 Å². The monoisotopic (exact) mass is 447 g/mol. The lowest BCUT2D eigenvalue weighted by Gasteiger charge is -2.46. The van der Waals surface area contributed by atoms with Gasteiger partial charge in [-0.3, -0.25) is 4.79 Å². The van der Waals surface area contributed by atoms with Gasteiger partial charge in [0.05, 0.1) is 24.7 Å². The highest BCUT2D eigenvalue weighted by atomic mass is 16.5. The van der Waals surface area contributed by atoms with Crippen LogP contribution in [0.15, 0.2) is 59.8 Å². The number of benzene rings is 2. The average molecular weight is 447 g/mol. The molecule has 3 N–H and O–H groups in total. The number of hydrogen-bond acceptors (Lipinski definition) is 5. The Morgan fingerprint density at radius 2 is 1.85 bits per heavy atom. The van der Waals surface area contributed by atoms with Crippen molar-refractivity contribution in [1.29, 1.82) is 0 Å². The van der Waals surface area contributed by atoms with Crippen LogP contribution in [0, 0.1) is 11.8 Å². The Bertz CT molecular complexity index is 1230. The third-order valence-corrected chi connectivity index (χ3v) is 7.00. The van der Waals surface area contributed by atoms with Crippen molar-refractivity contribution in [1.82, 2.24) is 4.90 Å². The molecule has 5 rings (SSSR count). The van der Waals surface area contributed by atoms with Crippen molar-refractivity contribution in [3.63, 3.8) is 0 Å². The minimum absolute atomic E-state index is 0.0211. The lowest BCUT2D eigenvalue weighted by molar-refractivity contribution is -0.163. The third-order valence-electron chi connectivity index (χ3n) is 7.00. The number of carbonyl (C=O) groups excluding carboxylic acids is 1. The van der Waals surface area contributed by atoms with E-state index in [-0.39, 0.29) is 36.8 Å². The molecule has 33 heavy (non-hydrogen) atoms. The van der Waals surface area contributed by atoms with Gasteiger partial charge in [0.2, 0.25) is 5.91 Å². The predicted molar refractivity (Wildman–Crippen MR) is 121 cm³/mol. The first kappa shape index (κ1) is 21.4. The van der Waals surface area contributed by atoms with E-state index in [0.29, 0.717) is 11.3 Å². The average Bonchev–Trinajstić information content (AvgIpc) is 3.23. The smallest absolute Gasteiger partial charge is 0.352 e. The first-order chi connectivity index (χ1) is 15.9. The van der Waals surface area contributed by atoms with Crippen molar-refractivity contribution in [3.8, 4) is 16.9 Å². The Kier molecular flexibility index (Phi) is 5.11. The van der Waals surface area contributed by atoms with Gasteiger partial charge in [-0.1, -0.05) is 49.4 Å². The number of β-lactam (4-membered cyclic amide) rings is 1. The highest BCUT2D eigenvalue weighted by Crippen LogP contribution is 2.50. The molecule has 2 aromatic rings. The standard InChI is InChI=1S/C26H25NO6/c1-13-19(24(26(31)32)27-23(13)21(14(2)29)25(27)30)12-33-20-9-5-8-18-16(10-11-28)15-6-3-4-7-17(15)22(18)20/h3-10,13-14,21,23,28-29H,11-12H2,1-2H3,(H,31,32)/b16-10+. The number of amides is 1. The lowest BCUT2D eigenvalue weighted by Crippen LogP contribution is -2.63. The van der Waals surface area contributed by atoms with Crippen LogP contribution in [0.25, 0.3) is 16.7 Å². The first-order valence-electron chi connectivity index (χ1n) is 11.0. The summed E-state index contributed by atoms with van der Waals surface area (Å²) in [7, 11) is 0. The maximum absolute atomic E-state index is 12.6. The quantitative estimate of drug-likeness (QED) is 0.502. The van der Waals surface area contributed by atoms with Crippen molar-refractivity contribution < 1.29 is 29.6 Å². The Morgan fingerprint density at radius 1 is 1.15 bits per heavy atom. The molecule has 170 valence electrons. The van der Waals surface area contributed by atoms with Gasteiger partial charge in [0.1, 0.15) is 18.1 Å². The molecule has 0 radical (unpaired) electrons. The molecule has 2 aromatic carbocycles. The fourth-order valence-electron chi connectivity index (χ4n) is 5.54. The topological polar surface area (TPSA) is 107 Å².